The third kappa shape index (κ3) is 7.82. The first kappa shape index (κ1) is 46.0. The van der Waals surface area contributed by atoms with Gasteiger partial charge in [-0.25, -0.2) is 19.2 Å². The highest BCUT2D eigenvalue weighted by molar-refractivity contribution is 6.09. The van der Waals surface area contributed by atoms with Crippen LogP contribution in [0.25, 0.3) is 33.3 Å². The van der Waals surface area contributed by atoms with E-state index < -0.39 is 23.2 Å². The lowest BCUT2D eigenvalue weighted by Crippen LogP contribution is -2.51. The second-order valence-corrected chi connectivity index (χ2v) is 20.4. The van der Waals surface area contributed by atoms with E-state index in [0.29, 0.717) is 92.0 Å². The second kappa shape index (κ2) is 17.8. The number of likely N-dealkylation sites (N-methyl/N-ethyl adjacent to an activating group) is 1. The quantitative estimate of drug-likeness (QED) is 0.134. The van der Waals surface area contributed by atoms with E-state index in [-0.39, 0.29) is 66.1 Å². The molecule has 1 unspecified atom stereocenters. The minimum Gasteiger partial charge on any atom is -0.381 e. The smallest absolute Gasteiger partial charge is 0.329 e. The van der Waals surface area contributed by atoms with E-state index in [1.54, 1.807) is 48.1 Å². The minimum absolute atomic E-state index is 0.00634. The van der Waals surface area contributed by atoms with Crippen LogP contribution in [0.15, 0.2) is 77.9 Å². The molecule has 18 heteroatoms. The molecule has 4 fully saturated rings. The van der Waals surface area contributed by atoms with Gasteiger partial charge in [-0.15, -0.1) is 0 Å². The fraction of sp³-hybridized carbons (Fsp3) is 0.434. The van der Waals surface area contributed by atoms with Crippen LogP contribution in [0, 0.1) is 17.7 Å². The van der Waals surface area contributed by atoms with Crippen molar-refractivity contribution in [3.8, 4) is 11.3 Å². The number of hydrogen-bond acceptors (Lipinski definition) is 10. The lowest BCUT2D eigenvalue weighted by atomic mass is 9.73. The van der Waals surface area contributed by atoms with Crippen molar-refractivity contribution in [1.82, 2.24) is 38.8 Å². The predicted molar refractivity (Wildman–Crippen MR) is 267 cm³/mol. The highest BCUT2D eigenvalue weighted by Gasteiger charge is 2.52. The number of benzene rings is 3. The molecule has 368 valence electrons. The third-order valence-corrected chi connectivity index (χ3v) is 16.0. The Labute approximate surface area is 409 Å². The number of aryl methyl sites for hydroxylation is 1. The summed E-state index contributed by atoms with van der Waals surface area (Å²) in [5.74, 6) is -1.04. The van der Waals surface area contributed by atoms with Gasteiger partial charge >= 0.3 is 5.69 Å². The summed E-state index contributed by atoms with van der Waals surface area (Å²) in [4.78, 5) is 95.5. The largest absolute Gasteiger partial charge is 0.381 e. The molecule has 3 aromatic carbocycles. The number of anilines is 4. The van der Waals surface area contributed by atoms with Crippen LogP contribution in [0.3, 0.4) is 0 Å². The fourth-order valence-corrected chi connectivity index (χ4v) is 12.1. The molecule has 71 heavy (non-hydrogen) atoms. The van der Waals surface area contributed by atoms with E-state index in [1.807, 2.05) is 56.8 Å². The number of para-hydroxylation sites is 2. The monoisotopic (exact) mass is 963 g/mol. The number of rotatable bonds is 9. The van der Waals surface area contributed by atoms with Gasteiger partial charge in [-0.2, -0.15) is 0 Å². The summed E-state index contributed by atoms with van der Waals surface area (Å²) in [6, 6.07) is 19.4. The van der Waals surface area contributed by atoms with Crippen molar-refractivity contribution in [2.75, 3.05) is 48.8 Å². The van der Waals surface area contributed by atoms with Crippen molar-refractivity contribution >= 4 is 74.5 Å². The number of imide groups is 1. The van der Waals surface area contributed by atoms with Crippen molar-refractivity contribution < 1.29 is 28.4 Å². The van der Waals surface area contributed by atoms with Gasteiger partial charge in [0.2, 0.25) is 29.5 Å². The molecule has 1 saturated carbocycles. The predicted octanol–water partition coefficient (Wildman–Crippen LogP) is 6.55. The number of halogens is 1. The molecule has 1 aliphatic carbocycles. The average molecular weight is 964 g/mol. The number of carbonyl (C=O) groups is 5. The summed E-state index contributed by atoms with van der Waals surface area (Å²) in [7, 11) is 3.48. The lowest BCUT2D eigenvalue weighted by molar-refractivity contribution is -0.140. The van der Waals surface area contributed by atoms with Crippen molar-refractivity contribution in [3.05, 3.63) is 94.9 Å². The minimum atomic E-state index is -0.768. The van der Waals surface area contributed by atoms with Gasteiger partial charge in [0, 0.05) is 75.9 Å². The van der Waals surface area contributed by atoms with Crippen LogP contribution < -0.4 is 26.5 Å². The number of nitrogens with one attached hydrogen (secondary N) is 3. The maximum absolute atomic E-state index is 14.9. The second-order valence-electron chi connectivity index (χ2n) is 20.4. The van der Waals surface area contributed by atoms with Crippen molar-refractivity contribution in [1.29, 1.82) is 0 Å². The van der Waals surface area contributed by atoms with E-state index in [0.717, 1.165) is 40.9 Å². The Morgan fingerprint density at radius 3 is 2.31 bits per heavy atom. The first-order valence-electron chi connectivity index (χ1n) is 24.9. The molecule has 5 aliphatic rings. The zero-order valence-corrected chi connectivity index (χ0v) is 40.4. The van der Waals surface area contributed by atoms with Crippen molar-refractivity contribution in [2.24, 2.45) is 18.9 Å². The molecule has 3 N–H and O–H groups in total. The molecule has 0 bridgehead atoms. The van der Waals surface area contributed by atoms with Crippen LogP contribution in [0.2, 0.25) is 0 Å². The van der Waals surface area contributed by atoms with Crippen LogP contribution in [-0.2, 0) is 36.4 Å². The van der Waals surface area contributed by atoms with E-state index in [4.69, 9.17) is 9.97 Å². The molecule has 7 heterocycles. The topological polar surface area (TPSA) is 189 Å². The molecule has 17 nitrogen and oxygen atoms in total. The molecular weight excluding hydrogens is 906 g/mol. The van der Waals surface area contributed by atoms with Crippen LogP contribution in [0.5, 0.6) is 0 Å². The molecule has 3 aromatic heterocycles. The number of piperidine rings is 2. The summed E-state index contributed by atoms with van der Waals surface area (Å²) >= 11 is 0. The Morgan fingerprint density at radius 1 is 0.817 bits per heavy atom. The summed E-state index contributed by atoms with van der Waals surface area (Å²) in [5, 5.41) is 9.20. The Balaban J connectivity index is 0.717. The fourth-order valence-electron chi connectivity index (χ4n) is 12.1. The van der Waals surface area contributed by atoms with Gasteiger partial charge in [-0.3, -0.25) is 38.4 Å². The first-order chi connectivity index (χ1) is 34.2. The summed E-state index contributed by atoms with van der Waals surface area (Å²) in [6.45, 7) is 5.90. The van der Waals surface area contributed by atoms with Gasteiger partial charge in [0.15, 0.2) is 5.82 Å². The summed E-state index contributed by atoms with van der Waals surface area (Å²) in [5.41, 5.74) is 5.91. The van der Waals surface area contributed by atoms with Gasteiger partial charge in [-0.05, 0) is 107 Å². The number of aromatic nitrogens is 5. The zero-order valence-electron chi connectivity index (χ0n) is 40.4. The van der Waals surface area contributed by atoms with Crippen LogP contribution in [0.1, 0.15) is 89.3 Å². The normalized spacial score (nSPS) is 22.2. The van der Waals surface area contributed by atoms with Crippen molar-refractivity contribution in [2.45, 2.75) is 95.2 Å². The lowest BCUT2D eigenvalue weighted by Gasteiger charge is -2.39. The number of fused-ring (bicyclic) bond motifs is 4. The summed E-state index contributed by atoms with van der Waals surface area (Å²) in [6.07, 6.45) is 6.68. The number of pyridine rings is 1. The van der Waals surface area contributed by atoms with E-state index >= 15 is 0 Å². The van der Waals surface area contributed by atoms with Gasteiger partial charge in [-0.1, -0.05) is 30.3 Å². The maximum Gasteiger partial charge on any atom is 0.329 e. The number of carbonyl (C=O) groups excluding carboxylic acids is 5. The molecule has 3 saturated heterocycles. The van der Waals surface area contributed by atoms with Gasteiger partial charge in [0.05, 0.1) is 51.3 Å². The zero-order chi connectivity index (χ0) is 49.5. The van der Waals surface area contributed by atoms with Gasteiger partial charge < -0.3 is 29.9 Å². The Kier molecular flexibility index (Phi) is 11.5. The molecule has 2 atom stereocenters. The van der Waals surface area contributed by atoms with Crippen LogP contribution in [0.4, 0.5) is 27.3 Å². The Morgan fingerprint density at radius 2 is 1.56 bits per heavy atom. The van der Waals surface area contributed by atoms with Crippen molar-refractivity contribution in [3.63, 3.8) is 0 Å². The number of nitrogens with zero attached hydrogens (tertiary/aromatic N) is 8. The Bertz CT molecular complexity index is 3230. The number of likely N-dealkylation sites (tertiary alicyclic amines) is 2. The maximum atomic E-state index is 14.9. The van der Waals surface area contributed by atoms with E-state index in [2.05, 4.69) is 29.8 Å². The molecule has 1 spiro atoms. The van der Waals surface area contributed by atoms with Gasteiger partial charge in [0.25, 0.3) is 0 Å². The molecule has 4 aliphatic heterocycles. The van der Waals surface area contributed by atoms with E-state index in [1.165, 1.54) is 10.6 Å². The average Bonchev–Trinajstić information content (AvgIpc) is 4.14. The molecule has 6 aromatic rings. The SMILES string of the molecule is CC(C)n1cnc2cc(-c3ccc4c(c3)N(C)C(=O)C43CCN(C(=O)[C@H]4CCN(C(=O)C5CCC(Nc6cccc7c6n(C)c(=O)n7C6CCC(=O)NC6=O)CC5)C4)CC3)nc(Nc3ccccc3F)c21. The molecule has 5 amide bonds. The number of amides is 5. The van der Waals surface area contributed by atoms with E-state index in [9.17, 15) is 33.2 Å². The van der Waals surface area contributed by atoms with Crippen LogP contribution >= 0.6 is 0 Å². The summed E-state index contributed by atoms with van der Waals surface area (Å²) < 4.78 is 19.9. The highest BCUT2D eigenvalue weighted by atomic mass is 19.1. The molecular formula is C53H58FN11O6. The van der Waals surface area contributed by atoms with Crippen LogP contribution in [-0.4, -0.2) is 102 Å². The number of hydrogen-bond donors (Lipinski definition) is 3. The Hall–Kier alpha value is -7.37. The standard InChI is InChI=1S/C53H58FN11O6/c1-30(2)64-29-55-40-27-39(58-47(46(40)64)57-37-9-6-5-8-36(37)54)32-14-17-35-43(26-32)60(3)51(70)53(35)21-24-62(25-22-53)50(69)33-20-23-63(28-33)49(68)31-12-15-34(16-13-31)56-38-10-7-11-41-45(38)61(4)52(71)65(41)42-18-19-44(66)59-48(42)67/h5-11,14,17,26-27,29-31,33-34,42,56H,12-13,15-16,18-25,28H2,1-4H3,(H,57,58)(H,59,66,67)/t31?,33-,34?,42?/m0/s1. The molecule has 0 radical (unpaired) electrons. The number of imidazole rings is 2. The third-order valence-electron chi connectivity index (χ3n) is 16.0. The molecule has 11 rings (SSSR count). The van der Waals surface area contributed by atoms with Gasteiger partial charge in [0.1, 0.15) is 17.4 Å². The highest BCUT2D eigenvalue weighted by Crippen LogP contribution is 2.49. The first-order valence-corrected chi connectivity index (χ1v) is 24.9.